The van der Waals surface area contributed by atoms with Gasteiger partial charge in [-0.3, -0.25) is 4.79 Å². The summed E-state index contributed by atoms with van der Waals surface area (Å²) < 4.78 is 78.0. The van der Waals surface area contributed by atoms with Gasteiger partial charge in [-0.2, -0.15) is 26.3 Å². The highest BCUT2D eigenvalue weighted by Crippen LogP contribution is 2.38. The Morgan fingerprint density at radius 3 is 2.18 bits per heavy atom. The van der Waals surface area contributed by atoms with Crippen LogP contribution in [0.3, 0.4) is 0 Å². The molecule has 4 nitrogen and oxygen atoms in total. The maximum atomic E-state index is 13.6. The van der Waals surface area contributed by atoms with Crippen molar-refractivity contribution in [1.82, 2.24) is 4.90 Å². The second-order valence-corrected chi connectivity index (χ2v) is 8.60. The second-order valence-electron chi connectivity index (χ2n) is 7.46. The van der Waals surface area contributed by atoms with Crippen molar-refractivity contribution in [2.24, 2.45) is 0 Å². The predicted molar refractivity (Wildman–Crippen MR) is 117 cm³/mol. The topological polar surface area (TPSA) is 35.6 Å². The van der Waals surface area contributed by atoms with E-state index in [-0.39, 0.29) is 22.3 Å². The van der Waals surface area contributed by atoms with E-state index in [0.29, 0.717) is 24.3 Å². The lowest BCUT2D eigenvalue weighted by molar-refractivity contribution is -0.136. The van der Waals surface area contributed by atoms with E-state index in [4.69, 9.17) is 0 Å². The molecule has 2 aromatic rings. The van der Waals surface area contributed by atoms with E-state index in [2.05, 4.69) is 10.2 Å². The number of halogens is 6. The summed E-state index contributed by atoms with van der Waals surface area (Å²) >= 11 is -0.265. The number of hydrogen-bond acceptors (Lipinski definition) is 4. The number of nitrogens with zero attached hydrogens (tertiary/aromatic N) is 2. The molecule has 0 radical (unpaired) electrons. The molecule has 1 amide bonds. The van der Waals surface area contributed by atoms with Crippen molar-refractivity contribution in [3.05, 3.63) is 59.7 Å². The first kappa shape index (κ1) is 25.0. The predicted octanol–water partition coefficient (Wildman–Crippen LogP) is 5.72. The third kappa shape index (κ3) is 7.43. The maximum absolute atomic E-state index is 13.6. The van der Waals surface area contributed by atoms with Crippen molar-refractivity contribution in [2.45, 2.75) is 16.6 Å². The molecule has 1 aliphatic rings. The van der Waals surface area contributed by atoms with Crippen LogP contribution in [0, 0.1) is 0 Å². The summed E-state index contributed by atoms with van der Waals surface area (Å²) in [7, 11) is 1.94. The lowest BCUT2D eigenvalue weighted by Gasteiger charge is -2.34. The Balaban J connectivity index is 1.70. The normalized spacial score (nSPS) is 15.8. The van der Waals surface area contributed by atoms with Crippen molar-refractivity contribution in [3.63, 3.8) is 0 Å². The van der Waals surface area contributed by atoms with Gasteiger partial charge in [-0.25, -0.2) is 0 Å². The van der Waals surface area contributed by atoms with Crippen molar-refractivity contribution in [2.75, 3.05) is 43.4 Å². The van der Waals surface area contributed by atoms with Gasteiger partial charge in [-0.05, 0) is 60.8 Å². The zero-order chi connectivity index (χ0) is 24.2. The van der Waals surface area contributed by atoms with Crippen molar-refractivity contribution < 1.29 is 31.1 Å². The lowest BCUT2D eigenvalue weighted by Crippen LogP contribution is -2.44. The number of thioether (sulfide) groups is 1. The standard InChI is InChI=1S/C22H21F6N3OS/c1-30-10-12-31(13-11-30)16-5-8-19(18(14-16)21(23,24)25)29-20(32)9-4-15-2-6-17(7-3-15)33-22(26,27)28/h2-9,14H,10-13H2,1H3,(H,29,32)/b9-4+. The number of carbonyl (C=O) groups is 1. The summed E-state index contributed by atoms with van der Waals surface area (Å²) in [5.74, 6) is -0.790. The molecule has 1 heterocycles. The molecule has 0 aromatic heterocycles. The Kier molecular flexibility index (Phi) is 7.63. The third-order valence-corrected chi connectivity index (χ3v) is 5.72. The number of hydrogen-bond donors (Lipinski definition) is 1. The SMILES string of the molecule is CN1CCN(c2ccc(NC(=O)/C=C/c3ccc(SC(F)(F)F)cc3)c(C(F)(F)F)c2)CC1. The molecule has 2 aromatic carbocycles. The lowest BCUT2D eigenvalue weighted by atomic mass is 10.1. The fourth-order valence-electron chi connectivity index (χ4n) is 3.26. The Bertz CT molecular complexity index is 997. The number of carbonyl (C=O) groups excluding carboxylic acids is 1. The van der Waals surface area contributed by atoms with Crippen LogP contribution in [-0.2, 0) is 11.0 Å². The minimum Gasteiger partial charge on any atom is -0.369 e. The molecular weight excluding hydrogens is 468 g/mol. The van der Waals surface area contributed by atoms with Crippen LogP contribution in [-0.4, -0.2) is 49.5 Å². The molecule has 0 spiro atoms. The molecule has 1 N–H and O–H groups in total. The molecule has 11 heteroatoms. The van der Waals surface area contributed by atoms with Crippen molar-refractivity contribution in [3.8, 4) is 0 Å². The van der Waals surface area contributed by atoms with Crippen LogP contribution >= 0.6 is 11.8 Å². The van der Waals surface area contributed by atoms with Crippen molar-refractivity contribution in [1.29, 1.82) is 0 Å². The van der Waals surface area contributed by atoms with E-state index < -0.39 is 23.2 Å². The summed E-state index contributed by atoms with van der Waals surface area (Å²) in [6, 6.07) is 9.04. The average molecular weight is 489 g/mol. The molecule has 1 fully saturated rings. The van der Waals surface area contributed by atoms with Gasteiger partial charge in [0.1, 0.15) is 0 Å². The van der Waals surface area contributed by atoms with Gasteiger partial charge >= 0.3 is 11.7 Å². The number of likely N-dealkylation sites (N-methyl/N-ethyl adjacent to an activating group) is 1. The zero-order valence-corrected chi connectivity index (χ0v) is 18.3. The van der Waals surface area contributed by atoms with Gasteiger partial charge in [0.15, 0.2) is 0 Å². The summed E-state index contributed by atoms with van der Waals surface area (Å²) in [4.78, 5) is 16.1. The average Bonchev–Trinajstić information content (AvgIpc) is 2.72. The zero-order valence-electron chi connectivity index (χ0n) is 17.5. The van der Waals surface area contributed by atoms with Gasteiger partial charge in [-0.15, -0.1) is 0 Å². The summed E-state index contributed by atoms with van der Waals surface area (Å²) in [5, 5.41) is 2.24. The van der Waals surface area contributed by atoms with E-state index >= 15 is 0 Å². The Morgan fingerprint density at radius 1 is 0.970 bits per heavy atom. The van der Waals surface area contributed by atoms with Gasteiger partial charge in [0.05, 0.1) is 11.3 Å². The molecular formula is C22H21F6N3OS. The number of amides is 1. The highest BCUT2D eigenvalue weighted by molar-refractivity contribution is 8.00. The quantitative estimate of drug-likeness (QED) is 0.331. The largest absolute Gasteiger partial charge is 0.446 e. The smallest absolute Gasteiger partial charge is 0.369 e. The van der Waals surface area contributed by atoms with E-state index in [1.165, 1.54) is 42.5 Å². The maximum Gasteiger partial charge on any atom is 0.446 e. The van der Waals surface area contributed by atoms with Crippen LogP contribution < -0.4 is 10.2 Å². The van der Waals surface area contributed by atoms with Gasteiger partial charge in [0, 0.05) is 42.8 Å². The molecule has 0 unspecified atom stereocenters. The van der Waals surface area contributed by atoms with Gasteiger partial charge in [0.25, 0.3) is 0 Å². The summed E-state index contributed by atoms with van der Waals surface area (Å²) in [6.07, 6.45) is -2.33. The fourth-order valence-corrected chi connectivity index (χ4v) is 3.80. The van der Waals surface area contributed by atoms with Crippen LogP contribution in [0.2, 0.25) is 0 Å². The molecule has 0 atom stereocenters. The Morgan fingerprint density at radius 2 is 1.61 bits per heavy atom. The Hall–Kier alpha value is -2.66. The minimum absolute atomic E-state index is 0.0145. The first-order chi connectivity index (χ1) is 15.4. The van der Waals surface area contributed by atoms with E-state index in [1.807, 2.05) is 11.9 Å². The number of piperazine rings is 1. The number of benzene rings is 2. The number of anilines is 2. The van der Waals surface area contributed by atoms with Gasteiger partial charge < -0.3 is 15.1 Å². The molecule has 0 saturated carbocycles. The second kappa shape index (κ2) is 10.1. The highest BCUT2D eigenvalue weighted by atomic mass is 32.2. The van der Waals surface area contributed by atoms with Gasteiger partial charge in [-0.1, -0.05) is 12.1 Å². The fraction of sp³-hybridized carbons (Fsp3) is 0.318. The van der Waals surface area contributed by atoms with E-state index in [9.17, 15) is 31.1 Å². The molecule has 1 aliphatic heterocycles. The summed E-state index contributed by atoms with van der Waals surface area (Å²) in [5.41, 5.74) is -4.87. The summed E-state index contributed by atoms with van der Waals surface area (Å²) in [6.45, 7) is 2.67. The molecule has 3 rings (SSSR count). The molecule has 1 saturated heterocycles. The van der Waals surface area contributed by atoms with Crippen molar-refractivity contribution >= 4 is 35.1 Å². The van der Waals surface area contributed by atoms with Crippen LogP contribution in [0.25, 0.3) is 6.08 Å². The monoisotopic (exact) mass is 489 g/mol. The van der Waals surface area contributed by atoms with Crippen LogP contribution in [0.15, 0.2) is 53.4 Å². The highest BCUT2D eigenvalue weighted by Gasteiger charge is 2.35. The third-order valence-electron chi connectivity index (χ3n) is 4.98. The van der Waals surface area contributed by atoms with E-state index in [0.717, 1.165) is 25.2 Å². The van der Waals surface area contributed by atoms with E-state index in [1.54, 1.807) is 0 Å². The van der Waals surface area contributed by atoms with Crippen LogP contribution in [0.1, 0.15) is 11.1 Å². The minimum atomic E-state index is -4.67. The number of nitrogens with one attached hydrogen (secondary N) is 1. The first-order valence-corrected chi connectivity index (χ1v) is 10.7. The number of rotatable bonds is 5. The van der Waals surface area contributed by atoms with Crippen LogP contribution in [0.5, 0.6) is 0 Å². The number of alkyl halides is 6. The Labute approximate surface area is 191 Å². The van der Waals surface area contributed by atoms with Gasteiger partial charge in [0.2, 0.25) is 5.91 Å². The molecule has 178 valence electrons. The molecule has 0 aliphatic carbocycles. The molecule has 33 heavy (non-hydrogen) atoms. The first-order valence-electron chi connectivity index (χ1n) is 9.90. The molecule has 0 bridgehead atoms. The van der Waals surface area contributed by atoms with Crippen LogP contribution in [0.4, 0.5) is 37.7 Å².